The Labute approximate surface area is 101 Å². The van der Waals surface area contributed by atoms with E-state index in [-0.39, 0.29) is 18.1 Å². The van der Waals surface area contributed by atoms with Crippen molar-refractivity contribution in [2.75, 3.05) is 6.61 Å². The zero-order valence-electron chi connectivity index (χ0n) is 9.49. The first-order valence-electron chi connectivity index (χ1n) is 5.79. The predicted molar refractivity (Wildman–Crippen MR) is 65.0 cm³/mol. The van der Waals surface area contributed by atoms with Gasteiger partial charge in [-0.15, -0.1) is 0 Å². The Morgan fingerprint density at radius 1 is 1.62 bits per heavy atom. The summed E-state index contributed by atoms with van der Waals surface area (Å²) in [5, 5.41) is 2.97. The van der Waals surface area contributed by atoms with E-state index in [1.165, 1.54) is 0 Å². The molecule has 1 aliphatic heterocycles. The van der Waals surface area contributed by atoms with E-state index in [2.05, 4.69) is 5.32 Å². The Morgan fingerprint density at radius 2 is 2.31 bits per heavy atom. The summed E-state index contributed by atoms with van der Waals surface area (Å²) in [6.45, 7) is 2.77. The van der Waals surface area contributed by atoms with Gasteiger partial charge in [-0.3, -0.25) is 4.79 Å². The summed E-state index contributed by atoms with van der Waals surface area (Å²) in [5.41, 5.74) is 5.05. The minimum atomic E-state index is -0.553. The van der Waals surface area contributed by atoms with Crippen LogP contribution in [0.3, 0.4) is 0 Å². The highest BCUT2D eigenvalue weighted by Crippen LogP contribution is 2.46. The second-order valence-corrected chi connectivity index (χ2v) is 5.20. The fraction of sp³-hybridized carbons (Fsp3) is 0.818. The lowest BCUT2D eigenvalue weighted by Crippen LogP contribution is -2.47. The molecule has 4 nitrogen and oxygen atoms in total. The molecule has 0 radical (unpaired) electrons. The van der Waals surface area contributed by atoms with Crippen molar-refractivity contribution in [1.29, 1.82) is 0 Å². The maximum Gasteiger partial charge on any atom is 0.233 e. The van der Waals surface area contributed by atoms with Crippen LogP contribution in [0.1, 0.15) is 32.6 Å². The molecule has 2 aliphatic rings. The number of nitrogens with one attached hydrogen (secondary N) is 1. The summed E-state index contributed by atoms with van der Waals surface area (Å²) < 4.78 is 5.53. The summed E-state index contributed by atoms with van der Waals surface area (Å²) in [6, 6.07) is 0.0434. The second-order valence-electron chi connectivity index (χ2n) is 4.76. The Kier molecular flexibility index (Phi) is 3.17. The Morgan fingerprint density at radius 3 is 2.75 bits per heavy atom. The van der Waals surface area contributed by atoms with Crippen LogP contribution in [-0.4, -0.2) is 29.6 Å². The average Bonchev–Trinajstić information content (AvgIpc) is 2.87. The van der Waals surface area contributed by atoms with Crippen LogP contribution in [0.5, 0.6) is 0 Å². The van der Waals surface area contributed by atoms with E-state index >= 15 is 0 Å². The molecule has 16 heavy (non-hydrogen) atoms. The number of hydrogen-bond acceptors (Lipinski definition) is 3. The molecule has 0 aromatic rings. The third-order valence-electron chi connectivity index (χ3n) is 3.54. The Hall–Kier alpha value is -0.680. The normalized spacial score (nSPS) is 28.4. The van der Waals surface area contributed by atoms with Crippen molar-refractivity contribution < 1.29 is 9.53 Å². The zero-order chi connectivity index (χ0) is 11.8. The molecule has 5 heteroatoms. The fourth-order valence-electron chi connectivity index (χ4n) is 2.15. The summed E-state index contributed by atoms with van der Waals surface area (Å²) in [5.74, 6) is -0.0250. The first kappa shape index (κ1) is 11.8. The molecule has 90 valence electrons. The van der Waals surface area contributed by atoms with Crippen molar-refractivity contribution in [2.24, 2.45) is 11.1 Å². The molecule has 2 fully saturated rings. The van der Waals surface area contributed by atoms with Crippen molar-refractivity contribution in [3.8, 4) is 0 Å². The molecule has 2 unspecified atom stereocenters. The van der Waals surface area contributed by atoms with Crippen LogP contribution in [-0.2, 0) is 9.53 Å². The maximum absolute atomic E-state index is 12.0. The molecule has 0 spiro atoms. The number of carbonyl (C=O) groups excluding carboxylic acids is 1. The van der Waals surface area contributed by atoms with Gasteiger partial charge in [-0.05, 0) is 32.6 Å². The van der Waals surface area contributed by atoms with Gasteiger partial charge in [-0.1, -0.05) is 12.2 Å². The number of amides is 1. The van der Waals surface area contributed by atoms with Crippen LogP contribution in [0.25, 0.3) is 0 Å². The molecule has 1 saturated carbocycles. The van der Waals surface area contributed by atoms with Crippen molar-refractivity contribution >= 4 is 23.1 Å². The van der Waals surface area contributed by atoms with Gasteiger partial charge in [0.1, 0.15) is 0 Å². The van der Waals surface area contributed by atoms with Gasteiger partial charge >= 0.3 is 0 Å². The molecule has 2 atom stereocenters. The quantitative estimate of drug-likeness (QED) is 0.714. The van der Waals surface area contributed by atoms with Gasteiger partial charge in [0.2, 0.25) is 5.91 Å². The fourth-order valence-corrected chi connectivity index (χ4v) is 2.44. The van der Waals surface area contributed by atoms with Gasteiger partial charge in [-0.25, -0.2) is 0 Å². The van der Waals surface area contributed by atoms with Gasteiger partial charge in [-0.2, -0.15) is 0 Å². The lowest BCUT2D eigenvalue weighted by Gasteiger charge is -2.22. The lowest BCUT2D eigenvalue weighted by atomic mass is 10.0. The van der Waals surface area contributed by atoms with Gasteiger partial charge in [0, 0.05) is 6.61 Å². The molecule has 1 heterocycles. The Bertz CT molecular complexity index is 309. The number of carbonyl (C=O) groups is 1. The largest absolute Gasteiger partial charge is 0.392 e. The topological polar surface area (TPSA) is 64.4 Å². The third-order valence-corrected chi connectivity index (χ3v) is 3.93. The molecule has 1 amide bonds. The molecule has 0 bridgehead atoms. The SMILES string of the molecule is CC(NC(=O)C1(C(N)=S)CC1)C1CCCO1. The molecule has 0 aromatic heterocycles. The van der Waals surface area contributed by atoms with Crippen molar-refractivity contribution in [2.45, 2.75) is 44.8 Å². The van der Waals surface area contributed by atoms with Crippen LogP contribution in [0.2, 0.25) is 0 Å². The zero-order valence-corrected chi connectivity index (χ0v) is 10.3. The number of thiocarbonyl (C=S) groups is 1. The standard InChI is InChI=1S/C11H18N2O2S/c1-7(8-3-2-6-15-8)13-10(14)11(4-5-11)9(12)16/h7-8H,2-6H2,1H3,(H2,12,16)(H,13,14). The average molecular weight is 242 g/mol. The van der Waals surface area contributed by atoms with E-state index in [0.717, 1.165) is 32.3 Å². The van der Waals surface area contributed by atoms with Gasteiger partial charge < -0.3 is 15.8 Å². The minimum Gasteiger partial charge on any atom is -0.392 e. The number of ether oxygens (including phenoxy) is 1. The van der Waals surface area contributed by atoms with Crippen molar-refractivity contribution in [3.05, 3.63) is 0 Å². The van der Waals surface area contributed by atoms with Gasteiger partial charge in [0.15, 0.2) is 0 Å². The smallest absolute Gasteiger partial charge is 0.233 e. The van der Waals surface area contributed by atoms with Crippen molar-refractivity contribution in [3.63, 3.8) is 0 Å². The molecule has 1 aliphatic carbocycles. The second kappa shape index (κ2) is 4.30. The lowest BCUT2D eigenvalue weighted by molar-refractivity contribution is -0.125. The number of rotatable bonds is 4. The van der Waals surface area contributed by atoms with Crippen LogP contribution < -0.4 is 11.1 Å². The van der Waals surface area contributed by atoms with Gasteiger partial charge in [0.25, 0.3) is 0 Å². The first-order valence-corrected chi connectivity index (χ1v) is 6.19. The molecular formula is C11H18N2O2S. The monoisotopic (exact) mass is 242 g/mol. The van der Waals surface area contributed by atoms with E-state index < -0.39 is 5.41 Å². The highest BCUT2D eigenvalue weighted by Gasteiger charge is 2.53. The summed E-state index contributed by atoms with van der Waals surface area (Å²) >= 11 is 4.94. The predicted octanol–water partition coefficient (Wildman–Crippen LogP) is 0.736. The third kappa shape index (κ3) is 2.06. The van der Waals surface area contributed by atoms with Crippen LogP contribution in [0, 0.1) is 5.41 Å². The molecule has 3 N–H and O–H groups in total. The highest BCUT2D eigenvalue weighted by atomic mass is 32.1. The molecule has 0 aromatic carbocycles. The van der Waals surface area contributed by atoms with Gasteiger partial charge in [0.05, 0.1) is 22.5 Å². The van der Waals surface area contributed by atoms with E-state index in [1.807, 2.05) is 6.92 Å². The van der Waals surface area contributed by atoms with E-state index in [4.69, 9.17) is 22.7 Å². The molecule has 1 saturated heterocycles. The van der Waals surface area contributed by atoms with Crippen LogP contribution in [0.4, 0.5) is 0 Å². The van der Waals surface area contributed by atoms with Crippen molar-refractivity contribution in [1.82, 2.24) is 5.32 Å². The molecular weight excluding hydrogens is 224 g/mol. The maximum atomic E-state index is 12.0. The van der Waals surface area contributed by atoms with E-state index in [9.17, 15) is 4.79 Å². The summed E-state index contributed by atoms with van der Waals surface area (Å²) in [7, 11) is 0. The van der Waals surface area contributed by atoms with E-state index in [1.54, 1.807) is 0 Å². The van der Waals surface area contributed by atoms with E-state index in [0.29, 0.717) is 4.99 Å². The van der Waals surface area contributed by atoms with Crippen LogP contribution in [0.15, 0.2) is 0 Å². The Balaban J connectivity index is 1.89. The number of hydrogen-bond donors (Lipinski definition) is 2. The summed E-state index contributed by atoms with van der Waals surface area (Å²) in [6.07, 6.45) is 3.80. The first-order chi connectivity index (χ1) is 7.56. The number of nitrogens with two attached hydrogens (primary N) is 1. The van der Waals surface area contributed by atoms with Crippen LogP contribution >= 0.6 is 12.2 Å². The minimum absolute atomic E-state index is 0.0250. The highest BCUT2D eigenvalue weighted by molar-refractivity contribution is 7.80. The molecule has 2 rings (SSSR count). The summed E-state index contributed by atoms with van der Waals surface area (Å²) in [4.78, 5) is 12.3.